The fraction of sp³-hybridized carbons (Fsp3) is 0.857. The summed E-state index contributed by atoms with van der Waals surface area (Å²) in [5.74, 6) is -0.374. The van der Waals surface area contributed by atoms with Gasteiger partial charge in [-0.2, -0.15) is 13.2 Å². The molecule has 0 radical (unpaired) electrons. The second-order valence-electron chi connectivity index (χ2n) is 2.63. The van der Waals surface area contributed by atoms with Crippen molar-refractivity contribution in [2.24, 2.45) is 0 Å². The zero-order valence-corrected chi connectivity index (χ0v) is 7.19. The fourth-order valence-electron chi connectivity index (χ4n) is 0.696. The summed E-state index contributed by atoms with van der Waals surface area (Å²) in [6.45, 7) is 1.22. The van der Waals surface area contributed by atoms with Gasteiger partial charge in [0.1, 0.15) is 0 Å². The Hall–Kier alpha value is -0.780. The summed E-state index contributed by atoms with van der Waals surface area (Å²) in [6, 6.07) is 0. The third-order valence-corrected chi connectivity index (χ3v) is 1.32. The van der Waals surface area contributed by atoms with E-state index >= 15 is 0 Å². The molecule has 6 heteroatoms. The average Bonchev–Trinajstić information content (AvgIpc) is 1.97. The Morgan fingerprint density at radius 1 is 1.54 bits per heavy atom. The largest absolute Gasteiger partial charge is 0.391 e. The van der Waals surface area contributed by atoms with Crippen LogP contribution in [0.1, 0.15) is 19.8 Å². The van der Waals surface area contributed by atoms with Gasteiger partial charge in [0.2, 0.25) is 5.91 Å². The average molecular weight is 199 g/mol. The highest BCUT2D eigenvalue weighted by molar-refractivity contribution is 5.75. The lowest BCUT2D eigenvalue weighted by Crippen LogP contribution is -2.34. The Morgan fingerprint density at radius 3 is 2.46 bits per heavy atom. The van der Waals surface area contributed by atoms with Gasteiger partial charge in [0.25, 0.3) is 0 Å². The normalized spacial score (nSPS) is 13.9. The number of aliphatic hydroxyl groups excluding tert-OH is 1. The Kier molecular flexibility index (Phi) is 4.76. The van der Waals surface area contributed by atoms with E-state index in [0.717, 1.165) is 0 Å². The standard InChI is InChI=1S/C7H12F3NO2/c1-2-6(13)11-4-5(12)3-7(8,9)10/h5,12H,2-4H2,1H3,(H,11,13). The lowest BCUT2D eigenvalue weighted by atomic mass is 10.2. The molecule has 1 unspecified atom stereocenters. The van der Waals surface area contributed by atoms with Crippen molar-refractivity contribution in [1.29, 1.82) is 0 Å². The van der Waals surface area contributed by atoms with Crippen LogP contribution in [-0.4, -0.2) is 29.8 Å². The van der Waals surface area contributed by atoms with E-state index in [4.69, 9.17) is 5.11 Å². The minimum Gasteiger partial charge on any atom is -0.391 e. The van der Waals surface area contributed by atoms with Gasteiger partial charge in [-0.25, -0.2) is 0 Å². The molecule has 0 heterocycles. The maximum absolute atomic E-state index is 11.6. The summed E-state index contributed by atoms with van der Waals surface area (Å²) in [6.07, 6.45) is -7.05. The summed E-state index contributed by atoms with van der Waals surface area (Å²) in [7, 11) is 0. The Balaban J connectivity index is 3.63. The minimum absolute atomic E-state index is 0.193. The van der Waals surface area contributed by atoms with Crippen LogP contribution in [0.3, 0.4) is 0 Å². The molecular weight excluding hydrogens is 187 g/mol. The number of alkyl halides is 3. The third kappa shape index (κ3) is 7.58. The molecule has 0 aliphatic heterocycles. The Bertz CT molecular complexity index is 170. The maximum atomic E-state index is 11.6. The van der Waals surface area contributed by atoms with Gasteiger partial charge in [-0.3, -0.25) is 4.79 Å². The molecule has 0 saturated heterocycles. The van der Waals surface area contributed by atoms with Crippen LogP contribution < -0.4 is 5.32 Å². The maximum Gasteiger partial charge on any atom is 0.391 e. The van der Waals surface area contributed by atoms with Crippen LogP contribution >= 0.6 is 0 Å². The molecule has 0 aliphatic rings. The van der Waals surface area contributed by atoms with Gasteiger partial charge in [0.15, 0.2) is 0 Å². The topological polar surface area (TPSA) is 49.3 Å². The van der Waals surface area contributed by atoms with Gasteiger partial charge >= 0.3 is 6.18 Å². The quantitative estimate of drug-likeness (QED) is 0.704. The predicted molar refractivity (Wildman–Crippen MR) is 40.0 cm³/mol. The van der Waals surface area contributed by atoms with Crippen molar-refractivity contribution < 1.29 is 23.1 Å². The summed E-state index contributed by atoms with van der Waals surface area (Å²) in [5.41, 5.74) is 0. The number of nitrogens with one attached hydrogen (secondary N) is 1. The summed E-state index contributed by atoms with van der Waals surface area (Å²) in [4.78, 5) is 10.6. The van der Waals surface area contributed by atoms with Crippen LogP contribution in [0.4, 0.5) is 13.2 Å². The number of aliphatic hydroxyl groups is 1. The van der Waals surface area contributed by atoms with Crippen molar-refractivity contribution in [2.45, 2.75) is 32.0 Å². The zero-order valence-electron chi connectivity index (χ0n) is 7.19. The van der Waals surface area contributed by atoms with E-state index in [1.54, 1.807) is 6.92 Å². The molecule has 0 bridgehead atoms. The highest BCUT2D eigenvalue weighted by Crippen LogP contribution is 2.20. The van der Waals surface area contributed by atoms with E-state index in [1.165, 1.54) is 0 Å². The molecule has 1 amide bonds. The van der Waals surface area contributed by atoms with E-state index < -0.39 is 18.7 Å². The highest BCUT2D eigenvalue weighted by Gasteiger charge is 2.30. The molecule has 0 spiro atoms. The van der Waals surface area contributed by atoms with Crippen LogP contribution in [0, 0.1) is 0 Å². The molecule has 0 fully saturated rings. The Morgan fingerprint density at radius 2 is 2.08 bits per heavy atom. The van der Waals surface area contributed by atoms with Gasteiger partial charge in [0, 0.05) is 13.0 Å². The van der Waals surface area contributed by atoms with E-state index in [2.05, 4.69) is 5.32 Å². The molecule has 2 N–H and O–H groups in total. The van der Waals surface area contributed by atoms with Gasteiger partial charge in [0.05, 0.1) is 12.5 Å². The van der Waals surface area contributed by atoms with Crippen molar-refractivity contribution in [3.8, 4) is 0 Å². The predicted octanol–water partition coefficient (Wildman–Crippen LogP) is 0.826. The number of amides is 1. The molecule has 0 aromatic heterocycles. The number of rotatable bonds is 4. The molecule has 0 aromatic carbocycles. The molecule has 0 saturated carbocycles. The first-order valence-corrected chi connectivity index (χ1v) is 3.86. The first-order valence-electron chi connectivity index (χ1n) is 3.86. The lowest BCUT2D eigenvalue weighted by Gasteiger charge is -2.13. The summed E-state index contributed by atoms with van der Waals surface area (Å²) < 4.78 is 34.9. The Labute approximate surface area is 73.9 Å². The van der Waals surface area contributed by atoms with Gasteiger partial charge in [-0.15, -0.1) is 0 Å². The summed E-state index contributed by atoms with van der Waals surface area (Å²) >= 11 is 0. The lowest BCUT2D eigenvalue weighted by molar-refractivity contribution is -0.153. The molecule has 1 atom stereocenters. The number of carbonyl (C=O) groups is 1. The molecular formula is C7H12F3NO2. The molecule has 0 rings (SSSR count). The van der Waals surface area contributed by atoms with Crippen molar-refractivity contribution in [2.75, 3.05) is 6.54 Å². The fourth-order valence-corrected chi connectivity index (χ4v) is 0.696. The van der Waals surface area contributed by atoms with E-state index in [-0.39, 0.29) is 18.9 Å². The van der Waals surface area contributed by atoms with Crippen molar-refractivity contribution in [3.05, 3.63) is 0 Å². The van der Waals surface area contributed by atoms with Gasteiger partial charge in [-0.1, -0.05) is 6.92 Å². The zero-order chi connectivity index (χ0) is 10.5. The molecule has 78 valence electrons. The van der Waals surface area contributed by atoms with Crippen LogP contribution in [0.2, 0.25) is 0 Å². The van der Waals surface area contributed by atoms with Crippen molar-refractivity contribution in [3.63, 3.8) is 0 Å². The molecule has 0 aromatic rings. The second-order valence-corrected chi connectivity index (χ2v) is 2.63. The number of hydrogen-bond donors (Lipinski definition) is 2. The first kappa shape index (κ1) is 12.2. The number of hydrogen-bond acceptors (Lipinski definition) is 2. The number of carbonyl (C=O) groups excluding carboxylic acids is 1. The van der Waals surface area contributed by atoms with Crippen LogP contribution in [0.5, 0.6) is 0 Å². The van der Waals surface area contributed by atoms with Crippen LogP contribution in [0.15, 0.2) is 0 Å². The first-order chi connectivity index (χ1) is 5.85. The van der Waals surface area contributed by atoms with E-state index in [0.29, 0.717) is 0 Å². The molecule has 3 nitrogen and oxygen atoms in total. The van der Waals surface area contributed by atoms with E-state index in [1.807, 2.05) is 0 Å². The van der Waals surface area contributed by atoms with Gasteiger partial charge in [-0.05, 0) is 0 Å². The minimum atomic E-state index is -4.39. The SMILES string of the molecule is CCC(=O)NCC(O)CC(F)(F)F. The van der Waals surface area contributed by atoms with E-state index in [9.17, 15) is 18.0 Å². The van der Waals surface area contributed by atoms with Crippen LogP contribution in [-0.2, 0) is 4.79 Å². The smallest absolute Gasteiger partial charge is 0.391 e. The third-order valence-electron chi connectivity index (χ3n) is 1.32. The highest BCUT2D eigenvalue weighted by atomic mass is 19.4. The van der Waals surface area contributed by atoms with Crippen molar-refractivity contribution in [1.82, 2.24) is 5.32 Å². The second kappa shape index (κ2) is 5.06. The van der Waals surface area contributed by atoms with Crippen LogP contribution in [0.25, 0.3) is 0 Å². The molecule has 0 aliphatic carbocycles. The monoisotopic (exact) mass is 199 g/mol. The van der Waals surface area contributed by atoms with Crippen molar-refractivity contribution >= 4 is 5.91 Å². The summed E-state index contributed by atoms with van der Waals surface area (Å²) in [5, 5.41) is 11.0. The number of halogens is 3. The molecule has 13 heavy (non-hydrogen) atoms. The van der Waals surface area contributed by atoms with Gasteiger partial charge < -0.3 is 10.4 Å².